The summed E-state index contributed by atoms with van der Waals surface area (Å²) in [5.41, 5.74) is 0. The molecule has 1 aliphatic rings. The minimum absolute atomic E-state index is 0.0483. The highest BCUT2D eigenvalue weighted by Gasteiger charge is 2.21. The summed E-state index contributed by atoms with van der Waals surface area (Å²) in [6.07, 6.45) is 0. The summed E-state index contributed by atoms with van der Waals surface area (Å²) >= 11 is 0. The zero-order valence-electron chi connectivity index (χ0n) is 12.4. The fourth-order valence-electron chi connectivity index (χ4n) is 2.08. The molecule has 8 heteroatoms. The van der Waals surface area contributed by atoms with Crippen LogP contribution in [0.4, 0.5) is 0 Å². The molecule has 2 aromatic carbocycles. The summed E-state index contributed by atoms with van der Waals surface area (Å²) in [5, 5.41) is 0. The van der Waals surface area contributed by atoms with Crippen LogP contribution in [0, 0.1) is 0 Å². The maximum absolute atomic E-state index is 12.4. The topological polar surface area (TPSA) is 80.3 Å². The van der Waals surface area contributed by atoms with Crippen LogP contribution in [0.5, 0.6) is 28.7 Å². The number of methoxy groups -OCH3 is 2. The van der Waals surface area contributed by atoms with Crippen LogP contribution in [0.15, 0.2) is 41.3 Å². The monoisotopic (exact) mass is 338 g/mol. The summed E-state index contributed by atoms with van der Waals surface area (Å²) in [5.74, 6) is 1.83. The smallest absolute Gasteiger partial charge is 0.339 e. The van der Waals surface area contributed by atoms with E-state index in [-0.39, 0.29) is 17.4 Å². The van der Waals surface area contributed by atoms with Crippen LogP contribution in [0.1, 0.15) is 0 Å². The molecule has 0 unspecified atom stereocenters. The van der Waals surface area contributed by atoms with Crippen LogP contribution in [0.2, 0.25) is 0 Å². The lowest BCUT2D eigenvalue weighted by Gasteiger charge is -2.11. The first-order chi connectivity index (χ1) is 11.0. The fraction of sp³-hybridized carbons (Fsp3) is 0.200. The third-order valence-corrected chi connectivity index (χ3v) is 4.44. The van der Waals surface area contributed by atoms with E-state index in [1.165, 1.54) is 44.6 Å². The molecule has 0 bridgehead atoms. The van der Waals surface area contributed by atoms with Crippen LogP contribution in [0.3, 0.4) is 0 Å². The van der Waals surface area contributed by atoms with Crippen molar-refractivity contribution >= 4 is 10.1 Å². The Hall–Kier alpha value is -2.61. The summed E-state index contributed by atoms with van der Waals surface area (Å²) in [7, 11) is -1.13. The lowest BCUT2D eigenvalue weighted by molar-refractivity contribution is 0.174. The van der Waals surface area contributed by atoms with Gasteiger partial charge < -0.3 is 23.1 Å². The number of rotatable bonds is 5. The molecule has 1 heterocycles. The van der Waals surface area contributed by atoms with E-state index in [1.807, 2.05) is 0 Å². The Labute approximate surface area is 133 Å². The molecule has 1 aliphatic heterocycles. The Balaban J connectivity index is 1.90. The van der Waals surface area contributed by atoms with Crippen molar-refractivity contribution in [1.82, 2.24) is 0 Å². The van der Waals surface area contributed by atoms with Crippen molar-refractivity contribution in [1.29, 1.82) is 0 Å². The minimum Gasteiger partial charge on any atom is -0.493 e. The van der Waals surface area contributed by atoms with Gasteiger partial charge in [0.15, 0.2) is 23.0 Å². The van der Waals surface area contributed by atoms with Crippen molar-refractivity contribution < 1.29 is 31.5 Å². The van der Waals surface area contributed by atoms with E-state index in [0.29, 0.717) is 23.0 Å². The van der Waals surface area contributed by atoms with E-state index >= 15 is 0 Å². The highest BCUT2D eigenvalue weighted by molar-refractivity contribution is 7.87. The third-order valence-electron chi connectivity index (χ3n) is 3.19. The predicted octanol–water partition coefficient (Wildman–Crippen LogP) is 2.20. The second-order valence-corrected chi connectivity index (χ2v) is 6.12. The van der Waals surface area contributed by atoms with E-state index in [2.05, 4.69) is 0 Å². The second kappa shape index (κ2) is 5.88. The molecular weight excluding hydrogens is 324 g/mol. The molecule has 0 radical (unpaired) electrons. The summed E-state index contributed by atoms with van der Waals surface area (Å²) in [4.78, 5) is -0.0483. The lowest BCUT2D eigenvalue weighted by Crippen LogP contribution is -2.10. The minimum atomic E-state index is -4.02. The van der Waals surface area contributed by atoms with Gasteiger partial charge in [-0.3, -0.25) is 0 Å². The van der Waals surface area contributed by atoms with E-state index in [0.717, 1.165) is 0 Å². The standard InChI is InChI=1S/C15H14O7S/c1-18-12-6-4-11(8-14(12)19-2)23(16,17)22-10-3-5-13-15(7-10)21-9-20-13/h3-8H,9H2,1-2H3. The first-order valence-corrected chi connectivity index (χ1v) is 8.00. The molecule has 0 fully saturated rings. The molecule has 0 aliphatic carbocycles. The summed E-state index contributed by atoms with van der Waals surface area (Å²) in [6.45, 7) is 0.0984. The highest BCUT2D eigenvalue weighted by atomic mass is 32.2. The van der Waals surface area contributed by atoms with E-state index in [9.17, 15) is 8.42 Å². The zero-order chi connectivity index (χ0) is 16.4. The van der Waals surface area contributed by atoms with Gasteiger partial charge in [0.25, 0.3) is 0 Å². The summed E-state index contributed by atoms with van der Waals surface area (Å²) in [6, 6.07) is 8.74. The number of benzene rings is 2. The SMILES string of the molecule is COc1ccc(S(=O)(=O)Oc2ccc3c(c2)OCO3)cc1OC. The van der Waals surface area contributed by atoms with Crippen LogP contribution in [-0.2, 0) is 10.1 Å². The van der Waals surface area contributed by atoms with Gasteiger partial charge in [-0.1, -0.05) is 0 Å². The molecule has 0 amide bonds. The average Bonchev–Trinajstić information content (AvgIpc) is 3.01. The molecule has 122 valence electrons. The lowest BCUT2D eigenvalue weighted by atomic mass is 10.3. The molecule has 0 saturated carbocycles. The van der Waals surface area contributed by atoms with Gasteiger partial charge >= 0.3 is 10.1 Å². The Morgan fingerprint density at radius 1 is 0.913 bits per heavy atom. The van der Waals surface area contributed by atoms with Gasteiger partial charge in [-0.15, -0.1) is 0 Å². The molecular formula is C15H14O7S. The van der Waals surface area contributed by atoms with Gasteiger partial charge in [0.05, 0.1) is 14.2 Å². The average molecular weight is 338 g/mol. The molecule has 0 saturated heterocycles. The highest BCUT2D eigenvalue weighted by Crippen LogP contribution is 2.36. The molecule has 0 spiro atoms. The normalized spacial score (nSPS) is 12.8. The molecule has 3 rings (SSSR count). The Kier molecular flexibility index (Phi) is 3.91. The van der Waals surface area contributed by atoms with Crippen molar-refractivity contribution in [3.63, 3.8) is 0 Å². The molecule has 0 aromatic heterocycles. The molecule has 7 nitrogen and oxygen atoms in total. The first-order valence-electron chi connectivity index (χ1n) is 6.59. The van der Waals surface area contributed by atoms with Crippen molar-refractivity contribution in [3.8, 4) is 28.7 Å². The number of hydrogen-bond donors (Lipinski definition) is 0. The van der Waals surface area contributed by atoms with Crippen molar-refractivity contribution in [2.24, 2.45) is 0 Å². The van der Waals surface area contributed by atoms with Crippen LogP contribution in [-0.4, -0.2) is 29.4 Å². The maximum atomic E-state index is 12.4. The van der Waals surface area contributed by atoms with E-state index < -0.39 is 10.1 Å². The Morgan fingerprint density at radius 3 is 2.39 bits per heavy atom. The van der Waals surface area contributed by atoms with Crippen molar-refractivity contribution in [3.05, 3.63) is 36.4 Å². The van der Waals surface area contributed by atoms with Crippen LogP contribution >= 0.6 is 0 Å². The van der Waals surface area contributed by atoms with Crippen LogP contribution in [0.25, 0.3) is 0 Å². The second-order valence-electron chi connectivity index (χ2n) is 4.57. The fourth-order valence-corrected chi connectivity index (χ4v) is 3.01. The molecule has 0 N–H and O–H groups in total. The van der Waals surface area contributed by atoms with E-state index in [4.69, 9.17) is 23.1 Å². The van der Waals surface area contributed by atoms with Crippen LogP contribution < -0.4 is 23.1 Å². The Bertz CT molecular complexity index is 830. The molecule has 23 heavy (non-hydrogen) atoms. The van der Waals surface area contributed by atoms with Gasteiger partial charge in [0, 0.05) is 12.1 Å². The van der Waals surface area contributed by atoms with Gasteiger partial charge in [0.1, 0.15) is 10.6 Å². The Morgan fingerprint density at radius 2 is 1.65 bits per heavy atom. The van der Waals surface area contributed by atoms with Crippen molar-refractivity contribution in [2.75, 3.05) is 21.0 Å². The quantitative estimate of drug-likeness (QED) is 0.773. The van der Waals surface area contributed by atoms with Crippen molar-refractivity contribution in [2.45, 2.75) is 4.90 Å². The summed E-state index contributed by atoms with van der Waals surface area (Å²) < 4.78 is 50.4. The maximum Gasteiger partial charge on any atom is 0.339 e. The van der Waals surface area contributed by atoms with Gasteiger partial charge in [-0.2, -0.15) is 8.42 Å². The zero-order valence-corrected chi connectivity index (χ0v) is 13.3. The largest absolute Gasteiger partial charge is 0.493 e. The third kappa shape index (κ3) is 2.98. The molecule has 0 atom stereocenters. The number of ether oxygens (including phenoxy) is 4. The van der Waals surface area contributed by atoms with Gasteiger partial charge in [-0.05, 0) is 24.3 Å². The predicted molar refractivity (Wildman–Crippen MR) is 79.9 cm³/mol. The van der Waals surface area contributed by atoms with Gasteiger partial charge in [0.2, 0.25) is 6.79 Å². The van der Waals surface area contributed by atoms with Gasteiger partial charge in [-0.25, -0.2) is 0 Å². The van der Waals surface area contributed by atoms with E-state index in [1.54, 1.807) is 6.07 Å². The number of fused-ring (bicyclic) bond motifs is 1. The number of hydrogen-bond acceptors (Lipinski definition) is 7. The molecule has 2 aromatic rings. The first kappa shape index (κ1) is 15.3.